The zero-order valence-corrected chi connectivity index (χ0v) is 27.4. The normalized spacial score (nSPS) is 16.5. The number of methoxy groups -OCH3 is 2. The number of likely N-dealkylation sites (tertiary alicyclic amines) is 1. The lowest BCUT2D eigenvalue weighted by atomic mass is 9.93. The molecule has 4 heterocycles. The maximum absolute atomic E-state index is 14.4. The van der Waals surface area contributed by atoms with Crippen LogP contribution in [-0.4, -0.2) is 59.8 Å². The topological polar surface area (TPSA) is 104 Å². The van der Waals surface area contributed by atoms with Gasteiger partial charge in [0, 0.05) is 41.3 Å². The fourth-order valence-corrected chi connectivity index (χ4v) is 7.35. The highest BCUT2D eigenvalue weighted by atomic mass is 32.1. The van der Waals surface area contributed by atoms with Crippen molar-refractivity contribution in [2.75, 3.05) is 33.9 Å². The van der Waals surface area contributed by atoms with Gasteiger partial charge in [-0.2, -0.15) is 0 Å². The van der Waals surface area contributed by atoms with E-state index in [1.165, 1.54) is 11.3 Å². The number of rotatable bonds is 10. The van der Waals surface area contributed by atoms with Gasteiger partial charge in [-0.3, -0.25) is 14.2 Å². The lowest BCUT2D eigenvalue weighted by Crippen LogP contribution is -2.40. The molecule has 10 nitrogen and oxygen atoms in total. The number of allylic oxidation sites excluding steroid dienone is 1. The molecule has 0 saturated carbocycles. The number of amides is 1. The van der Waals surface area contributed by atoms with Gasteiger partial charge in [-0.05, 0) is 56.5 Å². The van der Waals surface area contributed by atoms with E-state index >= 15 is 0 Å². The molecule has 0 unspecified atom stereocenters. The average Bonchev–Trinajstić information content (AvgIpc) is 3.80. The van der Waals surface area contributed by atoms with Crippen molar-refractivity contribution in [3.63, 3.8) is 0 Å². The first kappa shape index (κ1) is 31.3. The van der Waals surface area contributed by atoms with E-state index in [2.05, 4.69) is 0 Å². The maximum Gasteiger partial charge on any atom is 0.338 e. The highest BCUT2D eigenvalue weighted by Gasteiger charge is 2.36. The summed E-state index contributed by atoms with van der Waals surface area (Å²) in [5.74, 6) is 0.632. The molecule has 6 rings (SSSR count). The van der Waals surface area contributed by atoms with Crippen LogP contribution >= 0.6 is 11.3 Å². The van der Waals surface area contributed by atoms with E-state index < -0.39 is 12.0 Å². The van der Waals surface area contributed by atoms with Gasteiger partial charge < -0.3 is 23.7 Å². The van der Waals surface area contributed by atoms with Gasteiger partial charge in [-0.15, -0.1) is 0 Å². The van der Waals surface area contributed by atoms with Gasteiger partial charge in [0.05, 0.1) is 36.6 Å². The molecular formula is C35H38N4O6S. The summed E-state index contributed by atoms with van der Waals surface area (Å²) in [6, 6.07) is 12.4. The maximum atomic E-state index is 14.4. The number of hydrogen-bond acceptors (Lipinski definition) is 8. The van der Waals surface area contributed by atoms with E-state index in [9.17, 15) is 14.4 Å². The van der Waals surface area contributed by atoms with Crippen LogP contribution in [0.3, 0.4) is 0 Å². The van der Waals surface area contributed by atoms with Crippen LogP contribution in [0, 0.1) is 0 Å². The molecule has 0 radical (unpaired) electrons. The molecule has 1 atom stereocenters. The molecule has 1 saturated heterocycles. The molecule has 1 fully saturated rings. The third-order valence-electron chi connectivity index (χ3n) is 8.49. The molecule has 0 N–H and O–H groups in total. The molecular weight excluding hydrogens is 604 g/mol. The van der Waals surface area contributed by atoms with Crippen molar-refractivity contribution >= 4 is 40.2 Å². The molecule has 240 valence electrons. The molecule has 0 aliphatic carbocycles. The quantitative estimate of drug-likeness (QED) is 0.241. The van der Waals surface area contributed by atoms with E-state index in [-0.39, 0.29) is 24.6 Å². The van der Waals surface area contributed by atoms with Gasteiger partial charge in [0.1, 0.15) is 24.1 Å². The van der Waals surface area contributed by atoms with Gasteiger partial charge in [0.25, 0.3) is 5.56 Å². The van der Waals surface area contributed by atoms with Crippen LogP contribution in [0.4, 0.5) is 0 Å². The third kappa shape index (κ3) is 5.75. The monoisotopic (exact) mass is 642 g/mol. The van der Waals surface area contributed by atoms with E-state index in [1.54, 1.807) is 43.9 Å². The van der Waals surface area contributed by atoms with Crippen molar-refractivity contribution in [1.82, 2.24) is 14.0 Å². The average molecular weight is 643 g/mol. The van der Waals surface area contributed by atoms with E-state index in [1.807, 2.05) is 52.9 Å². The first-order valence-corrected chi connectivity index (χ1v) is 16.5. The molecule has 4 aromatic rings. The molecule has 11 heteroatoms. The van der Waals surface area contributed by atoms with E-state index in [0.717, 1.165) is 48.8 Å². The van der Waals surface area contributed by atoms with Crippen LogP contribution in [0.5, 0.6) is 11.5 Å². The van der Waals surface area contributed by atoms with Gasteiger partial charge in [-0.1, -0.05) is 42.9 Å². The van der Waals surface area contributed by atoms with Crippen LogP contribution in [0.2, 0.25) is 0 Å². The van der Waals surface area contributed by atoms with Crippen LogP contribution in [0.15, 0.2) is 69.7 Å². The lowest BCUT2D eigenvalue weighted by molar-refractivity contribution is -0.139. The summed E-state index contributed by atoms with van der Waals surface area (Å²) in [6.45, 7) is 5.76. The van der Waals surface area contributed by atoms with Crippen LogP contribution in [-0.2, 0) is 20.9 Å². The van der Waals surface area contributed by atoms with Crippen molar-refractivity contribution in [1.29, 1.82) is 0 Å². The Balaban J connectivity index is 1.54. The fraction of sp³-hybridized carbons (Fsp3) is 0.371. The standard InChI is InChI=1S/C35H38N4O6S/c1-5-11-26-31(34(42)45-6-2)32(25-19-23(43-3)14-15-28(25)44-4)39-33(41)29(46-35(39)36-26)18-22-20-38(27-13-8-7-12-24(22)27)21-30(40)37-16-9-10-17-37/h7-8,12-15,18-20,32H,5-6,9-11,16-17,21H2,1-4H3/b29-18-/t32-/m1/s1. The second-order valence-corrected chi connectivity index (χ2v) is 12.3. The molecule has 46 heavy (non-hydrogen) atoms. The summed E-state index contributed by atoms with van der Waals surface area (Å²) in [5, 5.41) is 0.937. The van der Waals surface area contributed by atoms with Gasteiger partial charge >= 0.3 is 5.97 Å². The summed E-state index contributed by atoms with van der Waals surface area (Å²) in [7, 11) is 3.12. The number of carbonyl (C=O) groups is 2. The van der Waals surface area contributed by atoms with Crippen molar-refractivity contribution in [3.05, 3.63) is 90.7 Å². The Bertz CT molecular complexity index is 2010. The second kappa shape index (κ2) is 13.4. The van der Waals surface area contributed by atoms with Gasteiger partial charge in [0.15, 0.2) is 4.80 Å². The number of benzene rings is 2. The number of carbonyl (C=O) groups excluding carboxylic acids is 2. The minimum absolute atomic E-state index is 0.0892. The number of nitrogens with zero attached hydrogens (tertiary/aromatic N) is 4. The van der Waals surface area contributed by atoms with E-state index in [0.29, 0.717) is 44.1 Å². The van der Waals surface area contributed by atoms with Crippen molar-refractivity contribution < 1.29 is 23.8 Å². The summed E-state index contributed by atoms with van der Waals surface area (Å²) in [6.07, 6.45) is 7.13. The largest absolute Gasteiger partial charge is 0.497 e. The molecule has 2 aliphatic rings. The molecule has 0 bridgehead atoms. The predicted octanol–water partition coefficient (Wildman–Crippen LogP) is 4.17. The minimum atomic E-state index is -0.844. The number of ether oxygens (including phenoxy) is 3. The Morgan fingerprint density at radius 3 is 2.57 bits per heavy atom. The Labute approximate surface area is 270 Å². The van der Waals surface area contributed by atoms with E-state index in [4.69, 9.17) is 19.2 Å². The van der Waals surface area contributed by atoms with Crippen LogP contribution in [0.25, 0.3) is 17.0 Å². The molecule has 2 aromatic carbocycles. The van der Waals surface area contributed by atoms with Gasteiger partial charge in [-0.25, -0.2) is 9.79 Å². The first-order chi connectivity index (χ1) is 22.4. The van der Waals surface area contributed by atoms with Crippen LogP contribution < -0.4 is 24.4 Å². The van der Waals surface area contributed by atoms with Crippen molar-refractivity contribution in [2.24, 2.45) is 4.99 Å². The number of hydrogen-bond donors (Lipinski definition) is 0. The first-order valence-electron chi connectivity index (χ1n) is 15.7. The predicted molar refractivity (Wildman–Crippen MR) is 177 cm³/mol. The molecule has 1 amide bonds. The number of fused-ring (bicyclic) bond motifs is 2. The Hall–Kier alpha value is -4.64. The second-order valence-electron chi connectivity index (χ2n) is 11.3. The summed E-state index contributed by atoms with van der Waals surface area (Å²) in [4.78, 5) is 48.4. The summed E-state index contributed by atoms with van der Waals surface area (Å²) in [5.41, 5.74) is 2.94. The third-order valence-corrected chi connectivity index (χ3v) is 9.48. The Morgan fingerprint density at radius 2 is 1.85 bits per heavy atom. The number of para-hydroxylation sites is 1. The highest BCUT2D eigenvalue weighted by molar-refractivity contribution is 7.07. The Kier molecular flexibility index (Phi) is 9.12. The molecule has 2 aromatic heterocycles. The summed E-state index contributed by atoms with van der Waals surface area (Å²) < 4.78 is 20.8. The number of aromatic nitrogens is 2. The zero-order valence-electron chi connectivity index (χ0n) is 26.6. The Morgan fingerprint density at radius 1 is 1.07 bits per heavy atom. The van der Waals surface area contributed by atoms with Crippen LogP contribution in [0.1, 0.15) is 56.7 Å². The van der Waals surface area contributed by atoms with Crippen molar-refractivity contribution in [3.8, 4) is 11.5 Å². The smallest absolute Gasteiger partial charge is 0.338 e. The van der Waals surface area contributed by atoms with Crippen molar-refractivity contribution in [2.45, 2.75) is 52.1 Å². The zero-order chi connectivity index (χ0) is 32.4. The number of thiazole rings is 1. The molecule has 0 spiro atoms. The number of esters is 1. The molecule has 2 aliphatic heterocycles. The lowest BCUT2D eigenvalue weighted by Gasteiger charge is -2.27. The highest BCUT2D eigenvalue weighted by Crippen LogP contribution is 2.38. The summed E-state index contributed by atoms with van der Waals surface area (Å²) >= 11 is 1.27. The van der Waals surface area contributed by atoms with Gasteiger partial charge in [0.2, 0.25) is 5.91 Å². The fourth-order valence-electron chi connectivity index (χ4n) is 6.34. The minimum Gasteiger partial charge on any atom is -0.497 e. The SMILES string of the molecule is CCCC1=C(C(=O)OCC)[C@@H](c2cc(OC)ccc2OC)n2c(s/c(=C\c3cn(CC(=O)N4CCCC4)c4ccccc34)c2=O)=N1.